The predicted molar refractivity (Wildman–Crippen MR) is 70.7 cm³/mol. The SMILES string of the molecule is COC(=O)CN(C)Cc1cccc(C(N)=S)c1. The number of ether oxygens (including phenoxy) is 1. The third-order valence-electron chi connectivity index (χ3n) is 2.29. The first-order chi connectivity index (χ1) is 8.02. The first-order valence-electron chi connectivity index (χ1n) is 5.17. The number of nitrogens with zero attached hydrogens (tertiary/aromatic N) is 1. The van der Waals surface area contributed by atoms with E-state index in [0.717, 1.165) is 11.1 Å². The normalized spacial score (nSPS) is 10.3. The molecule has 0 unspecified atom stereocenters. The van der Waals surface area contributed by atoms with Crippen molar-refractivity contribution in [1.29, 1.82) is 0 Å². The van der Waals surface area contributed by atoms with Crippen LogP contribution in [0.15, 0.2) is 24.3 Å². The Kier molecular flexibility index (Phi) is 5.06. The van der Waals surface area contributed by atoms with E-state index in [2.05, 4.69) is 4.74 Å². The summed E-state index contributed by atoms with van der Waals surface area (Å²) in [7, 11) is 3.23. The summed E-state index contributed by atoms with van der Waals surface area (Å²) in [4.78, 5) is 13.3. The molecule has 5 heteroatoms. The van der Waals surface area contributed by atoms with Crippen molar-refractivity contribution in [2.24, 2.45) is 5.73 Å². The van der Waals surface area contributed by atoms with Gasteiger partial charge in [-0.1, -0.05) is 30.4 Å². The number of rotatable bonds is 5. The van der Waals surface area contributed by atoms with Crippen LogP contribution in [0.3, 0.4) is 0 Å². The van der Waals surface area contributed by atoms with Crippen LogP contribution in [0.2, 0.25) is 0 Å². The molecule has 0 aliphatic heterocycles. The van der Waals surface area contributed by atoms with Crippen LogP contribution in [-0.2, 0) is 16.1 Å². The van der Waals surface area contributed by atoms with Gasteiger partial charge in [0.15, 0.2) is 0 Å². The minimum absolute atomic E-state index is 0.252. The largest absolute Gasteiger partial charge is 0.468 e. The van der Waals surface area contributed by atoms with Gasteiger partial charge in [0.2, 0.25) is 0 Å². The fourth-order valence-corrected chi connectivity index (χ4v) is 1.60. The Morgan fingerprint density at radius 2 is 2.24 bits per heavy atom. The molecule has 0 atom stereocenters. The lowest BCUT2D eigenvalue weighted by Crippen LogP contribution is -2.26. The van der Waals surface area contributed by atoms with E-state index in [4.69, 9.17) is 18.0 Å². The number of benzene rings is 1. The Balaban J connectivity index is 2.65. The summed E-state index contributed by atoms with van der Waals surface area (Å²) in [5.41, 5.74) is 7.45. The maximum atomic E-state index is 11.1. The second-order valence-corrected chi connectivity index (χ2v) is 4.25. The lowest BCUT2D eigenvalue weighted by molar-refractivity contribution is -0.141. The van der Waals surface area contributed by atoms with Gasteiger partial charge in [0.05, 0.1) is 13.7 Å². The molecule has 2 N–H and O–H groups in total. The van der Waals surface area contributed by atoms with Gasteiger partial charge in [-0.15, -0.1) is 0 Å². The van der Waals surface area contributed by atoms with E-state index in [1.54, 1.807) is 0 Å². The molecule has 0 fully saturated rings. The van der Waals surface area contributed by atoms with E-state index < -0.39 is 0 Å². The van der Waals surface area contributed by atoms with Gasteiger partial charge in [-0.05, 0) is 18.7 Å². The monoisotopic (exact) mass is 252 g/mol. The molecule has 0 saturated heterocycles. The number of esters is 1. The van der Waals surface area contributed by atoms with E-state index >= 15 is 0 Å². The van der Waals surface area contributed by atoms with Crippen molar-refractivity contribution < 1.29 is 9.53 Å². The average Bonchev–Trinajstić information content (AvgIpc) is 2.28. The van der Waals surface area contributed by atoms with E-state index in [1.165, 1.54) is 7.11 Å². The Bertz CT molecular complexity index is 421. The predicted octanol–water partition coefficient (Wildman–Crippen LogP) is 0.926. The number of hydrogen-bond acceptors (Lipinski definition) is 4. The van der Waals surface area contributed by atoms with Crippen LogP contribution in [0.25, 0.3) is 0 Å². The van der Waals surface area contributed by atoms with Crippen LogP contribution >= 0.6 is 12.2 Å². The van der Waals surface area contributed by atoms with Gasteiger partial charge in [0.1, 0.15) is 4.99 Å². The molecule has 4 nitrogen and oxygen atoms in total. The van der Waals surface area contributed by atoms with Crippen molar-refractivity contribution in [3.63, 3.8) is 0 Å². The molecular weight excluding hydrogens is 236 g/mol. The van der Waals surface area contributed by atoms with Crippen LogP contribution in [0, 0.1) is 0 Å². The third kappa shape index (κ3) is 4.50. The van der Waals surface area contributed by atoms with Gasteiger partial charge < -0.3 is 10.5 Å². The van der Waals surface area contributed by atoms with Gasteiger partial charge in [0.25, 0.3) is 0 Å². The smallest absolute Gasteiger partial charge is 0.319 e. The van der Waals surface area contributed by atoms with Gasteiger partial charge in [-0.2, -0.15) is 0 Å². The maximum Gasteiger partial charge on any atom is 0.319 e. The van der Waals surface area contributed by atoms with Crippen LogP contribution in [0.5, 0.6) is 0 Å². The van der Waals surface area contributed by atoms with E-state index in [0.29, 0.717) is 11.5 Å². The van der Waals surface area contributed by atoms with Gasteiger partial charge >= 0.3 is 5.97 Å². The summed E-state index contributed by atoms with van der Waals surface area (Å²) in [6, 6.07) is 7.66. The fourth-order valence-electron chi connectivity index (χ4n) is 1.48. The van der Waals surface area contributed by atoms with Crippen LogP contribution < -0.4 is 5.73 Å². The van der Waals surface area contributed by atoms with Crippen LogP contribution in [0.4, 0.5) is 0 Å². The van der Waals surface area contributed by atoms with Crippen molar-refractivity contribution in [1.82, 2.24) is 4.90 Å². The highest BCUT2D eigenvalue weighted by molar-refractivity contribution is 7.80. The molecule has 0 heterocycles. The van der Waals surface area contributed by atoms with Gasteiger partial charge in [-0.3, -0.25) is 9.69 Å². The summed E-state index contributed by atoms with van der Waals surface area (Å²) >= 11 is 4.91. The molecule has 0 aliphatic carbocycles. The topological polar surface area (TPSA) is 55.6 Å². The second kappa shape index (κ2) is 6.32. The summed E-state index contributed by atoms with van der Waals surface area (Å²) in [6.45, 7) is 0.902. The summed E-state index contributed by atoms with van der Waals surface area (Å²) in [6.07, 6.45) is 0. The lowest BCUT2D eigenvalue weighted by Gasteiger charge is -2.15. The molecule has 1 rings (SSSR count). The van der Waals surface area contributed by atoms with E-state index in [-0.39, 0.29) is 12.5 Å². The summed E-state index contributed by atoms with van der Waals surface area (Å²) in [5, 5.41) is 0. The molecule has 0 amide bonds. The standard InChI is InChI=1S/C12H16N2O2S/c1-14(8-11(15)16-2)7-9-4-3-5-10(6-9)12(13)17/h3-6H,7-8H2,1-2H3,(H2,13,17). The number of methoxy groups -OCH3 is 1. The lowest BCUT2D eigenvalue weighted by atomic mass is 10.1. The second-order valence-electron chi connectivity index (χ2n) is 3.81. The number of hydrogen-bond donors (Lipinski definition) is 1. The zero-order valence-corrected chi connectivity index (χ0v) is 10.8. The van der Waals surface area contributed by atoms with E-state index in [9.17, 15) is 4.79 Å². The first kappa shape index (κ1) is 13.6. The Morgan fingerprint density at radius 1 is 1.53 bits per heavy atom. The van der Waals surface area contributed by atoms with Crippen molar-refractivity contribution in [2.45, 2.75) is 6.54 Å². The van der Waals surface area contributed by atoms with Crippen molar-refractivity contribution >= 4 is 23.2 Å². The highest BCUT2D eigenvalue weighted by Gasteiger charge is 2.07. The maximum absolute atomic E-state index is 11.1. The van der Waals surface area contributed by atoms with Crippen molar-refractivity contribution in [3.05, 3.63) is 35.4 Å². The van der Waals surface area contributed by atoms with Gasteiger partial charge in [-0.25, -0.2) is 0 Å². The molecule has 1 aromatic rings. The molecule has 1 aromatic carbocycles. The first-order valence-corrected chi connectivity index (χ1v) is 5.58. The molecule has 0 saturated carbocycles. The third-order valence-corrected chi connectivity index (χ3v) is 2.53. The van der Waals surface area contributed by atoms with Crippen LogP contribution in [0.1, 0.15) is 11.1 Å². The highest BCUT2D eigenvalue weighted by Crippen LogP contribution is 2.07. The minimum atomic E-state index is -0.252. The quantitative estimate of drug-likeness (QED) is 0.624. The molecule has 0 aromatic heterocycles. The Labute approximate surface area is 106 Å². The van der Waals surface area contributed by atoms with Crippen molar-refractivity contribution in [2.75, 3.05) is 20.7 Å². The number of likely N-dealkylation sites (N-methyl/N-ethyl adjacent to an activating group) is 1. The van der Waals surface area contributed by atoms with Crippen LogP contribution in [-0.4, -0.2) is 36.6 Å². The average molecular weight is 252 g/mol. The molecule has 0 aliphatic rings. The molecule has 0 spiro atoms. The zero-order chi connectivity index (χ0) is 12.8. The van der Waals surface area contributed by atoms with E-state index in [1.807, 2.05) is 36.2 Å². The fraction of sp³-hybridized carbons (Fsp3) is 0.333. The number of nitrogens with two attached hydrogens (primary N) is 1. The molecular formula is C12H16N2O2S. The number of carbonyl (C=O) groups is 1. The van der Waals surface area contributed by atoms with Gasteiger partial charge in [0, 0.05) is 12.1 Å². The number of thiocarbonyl (C=S) groups is 1. The summed E-state index contributed by atoms with van der Waals surface area (Å²) < 4.78 is 4.60. The molecule has 0 radical (unpaired) electrons. The summed E-state index contributed by atoms with van der Waals surface area (Å²) in [5.74, 6) is -0.252. The molecule has 92 valence electrons. The molecule has 17 heavy (non-hydrogen) atoms. The Morgan fingerprint density at radius 3 is 2.82 bits per heavy atom. The molecule has 0 bridgehead atoms. The van der Waals surface area contributed by atoms with Crippen molar-refractivity contribution in [3.8, 4) is 0 Å². The Hall–Kier alpha value is -1.46. The number of carbonyl (C=O) groups excluding carboxylic acids is 1. The zero-order valence-electron chi connectivity index (χ0n) is 9.97. The minimum Gasteiger partial charge on any atom is -0.468 e. The highest BCUT2D eigenvalue weighted by atomic mass is 32.1.